The fourth-order valence-electron chi connectivity index (χ4n) is 3.71. The Morgan fingerprint density at radius 3 is 2.35 bits per heavy atom. The van der Waals surface area contributed by atoms with Gasteiger partial charge in [0.05, 0.1) is 26.5 Å². The Morgan fingerprint density at radius 2 is 1.70 bits per heavy atom. The number of methoxy groups -OCH3 is 2. The average molecular weight is 568 g/mol. The number of nitrogens with one attached hydrogen (secondary N) is 1. The molecule has 0 spiro atoms. The number of nitrogens with two attached hydrogens (primary N) is 1. The van der Waals surface area contributed by atoms with Gasteiger partial charge in [0.2, 0.25) is 5.78 Å². The third-order valence-electron chi connectivity index (χ3n) is 5.59. The third kappa shape index (κ3) is 6.26. The number of anilines is 2. The van der Waals surface area contributed by atoms with Gasteiger partial charge in [0.1, 0.15) is 40.1 Å². The maximum Gasteiger partial charge on any atom is 0.296 e. The van der Waals surface area contributed by atoms with Crippen molar-refractivity contribution in [1.29, 1.82) is 0 Å². The van der Waals surface area contributed by atoms with Gasteiger partial charge in [0.25, 0.3) is 10.1 Å². The molecule has 1 aliphatic rings. The molecule has 0 fully saturated rings. The molecule has 14 heteroatoms. The maximum absolute atomic E-state index is 13.1. The number of hydrogen-bond donors (Lipinski definition) is 4. The standard InChI is InChI=1S/C26H25N5O8S/c1-37-22-14-21(23(38-2)13-20(22)29-28-17-4-6-18(7-5-17)39-10-9-32)30-31-25-24(40(34,35)36)12-15-11-16(27)3-8-19(15)26(25)33/h3-8,11-14,30,32H,9-10,27H2,1-2H3,(H,34,35,36)/b29-28+,31-25-. The van der Waals surface area contributed by atoms with Crippen molar-refractivity contribution in [3.8, 4) is 17.2 Å². The van der Waals surface area contributed by atoms with Crippen molar-refractivity contribution in [3.63, 3.8) is 0 Å². The van der Waals surface area contributed by atoms with E-state index in [1.165, 1.54) is 44.6 Å². The van der Waals surface area contributed by atoms with Crippen LogP contribution in [0.2, 0.25) is 0 Å². The molecule has 0 heterocycles. The molecule has 4 rings (SSSR count). The number of aliphatic hydroxyl groups is 1. The Morgan fingerprint density at radius 1 is 0.975 bits per heavy atom. The lowest BCUT2D eigenvalue weighted by Gasteiger charge is -2.17. The number of allylic oxidation sites excluding steroid dienone is 1. The van der Waals surface area contributed by atoms with Crippen LogP contribution in [-0.2, 0) is 10.1 Å². The van der Waals surface area contributed by atoms with Crippen LogP contribution in [0.4, 0.5) is 22.7 Å². The van der Waals surface area contributed by atoms with Gasteiger partial charge in [-0.3, -0.25) is 14.8 Å². The fraction of sp³-hybridized carbons (Fsp3) is 0.154. The second-order valence-electron chi connectivity index (χ2n) is 8.22. The summed E-state index contributed by atoms with van der Waals surface area (Å²) in [4.78, 5) is 12.4. The Hall–Kier alpha value is -4.79. The van der Waals surface area contributed by atoms with Gasteiger partial charge >= 0.3 is 0 Å². The highest BCUT2D eigenvalue weighted by Gasteiger charge is 2.33. The number of benzene rings is 3. The summed E-state index contributed by atoms with van der Waals surface area (Å²) in [5.41, 5.74) is 9.59. The van der Waals surface area contributed by atoms with E-state index in [1.54, 1.807) is 24.3 Å². The van der Waals surface area contributed by atoms with Gasteiger partial charge in [-0.1, -0.05) is 0 Å². The lowest BCUT2D eigenvalue weighted by atomic mass is 9.94. The molecule has 40 heavy (non-hydrogen) atoms. The Labute approximate surface area is 229 Å². The number of ether oxygens (including phenoxy) is 3. The Bertz CT molecular complexity index is 1630. The zero-order valence-corrected chi connectivity index (χ0v) is 22.2. The highest BCUT2D eigenvalue weighted by atomic mass is 32.2. The molecule has 3 aromatic rings. The van der Waals surface area contributed by atoms with Crippen LogP contribution in [0.25, 0.3) is 6.08 Å². The molecule has 0 bridgehead atoms. The van der Waals surface area contributed by atoms with Crippen LogP contribution in [0.15, 0.2) is 74.8 Å². The minimum atomic E-state index is -4.82. The molecule has 5 N–H and O–H groups in total. The van der Waals surface area contributed by atoms with Crippen molar-refractivity contribution < 1.29 is 37.1 Å². The van der Waals surface area contributed by atoms with Crippen molar-refractivity contribution in [2.45, 2.75) is 0 Å². The van der Waals surface area contributed by atoms with Gasteiger partial charge in [0, 0.05) is 23.4 Å². The lowest BCUT2D eigenvalue weighted by molar-refractivity contribution is 0.106. The van der Waals surface area contributed by atoms with Crippen molar-refractivity contribution in [3.05, 3.63) is 70.6 Å². The second-order valence-corrected chi connectivity index (χ2v) is 9.61. The van der Waals surface area contributed by atoms with Gasteiger partial charge in [0.15, 0.2) is 5.71 Å². The number of nitrogens with zero attached hydrogens (tertiary/aromatic N) is 3. The van der Waals surface area contributed by atoms with Crippen LogP contribution >= 0.6 is 0 Å². The number of nitrogen functional groups attached to an aromatic ring is 1. The van der Waals surface area contributed by atoms with Crippen molar-refractivity contribution in [2.24, 2.45) is 15.3 Å². The topological polar surface area (TPSA) is 194 Å². The van der Waals surface area contributed by atoms with Gasteiger partial charge in [-0.25, -0.2) is 0 Å². The predicted octanol–water partition coefficient (Wildman–Crippen LogP) is 3.97. The molecule has 3 aromatic carbocycles. The number of hydrazone groups is 1. The normalized spacial score (nSPS) is 14.2. The first-order valence-electron chi connectivity index (χ1n) is 11.6. The van der Waals surface area contributed by atoms with Crippen LogP contribution in [-0.4, -0.2) is 57.0 Å². The number of aliphatic hydroxyl groups excluding tert-OH is 1. The maximum atomic E-state index is 13.1. The molecule has 0 atom stereocenters. The number of Topliss-reactive ketones (excluding diaryl/α,β-unsaturated/α-hetero) is 1. The molecular weight excluding hydrogens is 542 g/mol. The molecular formula is C26H25N5O8S. The number of carbonyl (C=O) groups excluding carboxylic acids is 1. The van der Waals surface area contributed by atoms with E-state index in [1.807, 2.05) is 0 Å². The number of hydrogen-bond acceptors (Lipinski definition) is 12. The average Bonchev–Trinajstić information content (AvgIpc) is 2.94. The summed E-state index contributed by atoms with van der Waals surface area (Å²) >= 11 is 0. The molecule has 0 saturated carbocycles. The second kappa shape index (κ2) is 11.9. The highest BCUT2D eigenvalue weighted by Crippen LogP contribution is 2.39. The largest absolute Gasteiger partial charge is 0.494 e. The number of carbonyl (C=O) groups is 1. The van der Waals surface area contributed by atoms with Gasteiger partial charge in [-0.2, -0.15) is 18.6 Å². The van der Waals surface area contributed by atoms with E-state index in [2.05, 4.69) is 20.8 Å². The molecule has 0 amide bonds. The molecule has 1 aliphatic carbocycles. The summed E-state index contributed by atoms with van der Waals surface area (Å²) in [5.74, 6) is 0.319. The first-order valence-corrected chi connectivity index (χ1v) is 13.1. The smallest absolute Gasteiger partial charge is 0.296 e. The summed E-state index contributed by atoms with van der Waals surface area (Å²) in [6.07, 6.45) is 1.12. The van der Waals surface area contributed by atoms with Gasteiger partial charge in [-0.05, 0) is 54.1 Å². The van der Waals surface area contributed by atoms with Crippen LogP contribution in [0.1, 0.15) is 15.9 Å². The molecule has 0 saturated heterocycles. The molecule has 208 valence electrons. The lowest BCUT2D eigenvalue weighted by Crippen LogP contribution is -2.27. The van der Waals surface area contributed by atoms with E-state index >= 15 is 0 Å². The van der Waals surface area contributed by atoms with E-state index in [0.717, 1.165) is 6.08 Å². The molecule has 13 nitrogen and oxygen atoms in total. The predicted molar refractivity (Wildman–Crippen MR) is 149 cm³/mol. The van der Waals surface area contributed by atoms with E-state index in [-0.39, 0.29) is 41.5 Å². The van der Waals surface area contributed by atoms with Crippen LogP contribution in [0, 0.1) is 0 Å². The fourth-order valence-corrected chi connectivity index (χ4v) is 4.36. The Balaban J connectivity index is 1.65. The zero-order valence-electron chi connectivity index (χ0n) is 21.4. The van der Waals surface area contributed by atoms with Crippen molar-refractivity contribution in [2.75, 3.05) is 38.6 Å². The number of ketones is 1. The van der Waals surface area contributed by atoms with Crippen molar-refractivity contribution >= 4 is 50.4 Å². The first-order chi connectivity index (χ1) is 19.1. The first kappa shape index (κ1) is 28.2. The van der Waals surface area contributed by atoms with Crippen LogP contribution < -0.4 is 25.4 Å². The number of fused-ring (bicyclic) bond motifs is 1. The monoisotopic (exact) mass is 567 g/mol. The minimum Gasteiger partial charge on any atom is -0.494 e. The van der Waals surface area contributed by atoms with E-state index in [0.29, 0.717) is 22.8 Å². The minimum absolute atomic E-state index is 0.0984. The van der Waals surface area contributed by atoms with E-state index in [4.69, 9.17) is 25.1 Å². The SMILES string of the molecule is COc1cc(N/N=C2\C(=O)c3ccc(N)cc3C=C2S(=O)(=O)O)c(OC)cc1/N=N/c1ccc(OCCO)cc1. The quantitative estimate of drug-likeness (QED) is 0.120. The van der Waals surface area contributed by atoms with Crippen molar-refractivity contribution in [1.82, 2.24) is 0 Å². The third-order valence-corrected chi connectivity index (χ3v) is 6.46. The van der Waals surface area contributed by atoms with E-state index in [9.17, 15) is 17.8 Å². The summed E-state index contributed by atoms with van der Waals surface area (Å²) in [5, 5.41) is 21.3. The molecule has 0 unspecified atom stereocenters. The highest BCUT2D eigenvalue weighted by molar-refractivity contribution is 7.91. The molecule has 0 aliphatic heterocycles. The Kier molecular flexibility index (Phi) is 8.43. The van der Waals surface area contributed by atoms with Crippen LogP contribution in [0.5, 0.6) is 17.2 Å². The molecule has 0 aromatic heterocycles. The van der Waals surface area contributed by atoms with Crippen LogP contribution in [0.3, 0.4) is 0 Å². The summed E-state index contributed by atoms with van der Waals surface area (Å²) in [6.45, 7) is 0.0759. The number of azo groups is 1. The molecule has 0 radical (unpaired) electrons. The summed E-state index contributed by atoms with van der Waals surface area (Å²) < 4.78 is 50.1. The number of rotatable bonds is 10. The summed E-state index contributed by atoms with van der Waals surface area (Å²) in [6, 6.07) is 14.1. The van der Waals surface area contributed by atoms with Gasteiger partial charge in [-0.15, -0.1) is 5.11 Å². The van der Waals surface area contributed by atoms with E-state index < -0.39 is 26.5 Å². The zero-order chi connectivity index (χ0) is 28.9. The van der Waals surface area contributed by atoms with Gasteiger partial charge < -0.3 is 25.1 Å². The summed E-state index contributed by atoms with van der Waals surface area (Å²) in [7, 11) is -2.01.